The summed E-state index contributed by atoms with van der Waals surface area (Å²) in [7, 11) is 0. The van der Waals surface area contributed by atoms with E-state index in [0.29, 0.717) is 17.7 Å². The van der Waals surface area contributed by atoms with Crippen LogP contribution in [-0.2, 0) is 0 Å². The van der Waals surface area contributed by atoms with Gasteiger partial charge in [-0.25, -0.2) is 8.78 Å². The zero-order valence-corrected chi connectivity index (χ0v) is 13.0. The van der Waals surface area contributed by atoms with Crippen LogP contribution in [0.5, 0.6) is 0 Å². The molecule has 1 heterocycles. The molecule has 0 aliphatic carbocycles. The molecule has 5 heteroatoms. The van der Waals surface area contributed by atoms with Crippen LogP contribution in [0, 0.1) is 18.6 Å². The lowest BCUT2D eigenvalue weighted by atomic mass is 10.0. The van der Waals surface area contributed by atoms with Crippen LogP contribution < -0.4 is 5.32 Å². The Hall–Kier alpha value is -0.780. The summed E-state index contributed by atoms with van der Waals surface area (Å²) in [6.07, 6.45) is 0. The summed E-state index contributed by atoms with van der Waals surface area (Å²) < 4.78 is 28.3. The molecule has 0 amide bonds. The predicted molar refractivity (Wildman–Crippen MR) is 78.6 cm³/mol. The van der Waals surface area contributed by atoms with Gasteiger partial charge in [0.25, 0.3) is 0 Å². The Labute approximate surface area is 123 Å². The highest BCUT2D eigenvalue weighted by Crippen LogP contribution is 2.33. The Balaban J connectivity index is 2.47. The van der Waals surface area contributed by atoms with Gasteiger partial charge in [-0.05, 0) is 53.2 Å². The van der Waals surface area contributed by atoms with E-state index in [1.807, 2.05) is 19.1 Å². The Morgan fingerprint density at radius 1 is 1.26 bits per heavy atom. The summed E-state index contributed by atoms with van der Waals surface area (Å²) >= 11 is 4.95. The van der Waals surface area contributed by atoms with E-state index in [1.54, 1.807) is 24.3 Å². The SMILES string of the molecule is CCNC(c1ccc(Br)s1)c1cc(C)c(F)cc1F. The maximum absolute atomic E-state index is 14.0. The molecule has 1 atom stereocenters. The molecule has 2 aromatic rings. The number of rotatable bonds is 4. The monoisotopic (exact) mass is 345 g/mol. The number of aryl methyl sites for hydroxylation is 1. The first-order valence-corrected chi connectivity index (χ1v) is 7.58. The molecule has 1 unspecified atom stereocenters. The summed E-state index contributed by atoms with van der Waals surface area (Å²) in [5.41, 5.74) is 0.935. The maximum Gasteiger partial charge on any atom is 0.131 e. The minimum Gasteiger partial charge on any atom is -0.306 e. The van der Waals surface area contributed by atoms with E-state index in [1.165, 1.54) is 0 Å². The molecule has 1 aromatic carbocycles. The number of benzene rings is 1. The van der Waals surface area contributed by atoms with Crippen molar-refractivity contribution in [2.75, 3.05) is 6.54 Å². The standard InChI is InChI=1S/C14H14BrF2NS/c1-3-18-14(12-4-5-13(15)19-12)9-6-8(2)10(16)7-11(9)17/h4-7,14,18H,3H2,1-2H3. The molecule has 0 saturated heterocycles. The average Bonchev–Trinajstić information content (AvgIpc) is 2.78. The first-order chi connectivity index (χ1) is 9.02. The van der Waals surface area contributed by atoms with Crippen molar-refractivity contribution in [1.82, 2.24) is 5.32 Å². The van der Waals surface area contributed by atoms with Gasteiger partial charge < -0.3 is 5.32 Å². The third-order valence-corrected chi connectivity index (χ3v) is 4.56. The van der Waals surface area contributed by atoms with E-state index in [2.05, 4.69) is 21.2 Å². The van der Waals surface area contributed by atoms with Crippen molar-refractivity contribution in [3.05, 3.63) is 55.7 Å². The van der Waals surface area contributed by atoms with Gasteiger partial charge in [0.05, 0.1) is 9.83 Å². The molecular formula is C14H14BrF2NS. The highest BCUT2D eigenvalue weighted by atomic mass is 79.9. The Bertz CT molecular complexity index is 583. The van der Waals surface area contributed by atoms with Gasteiger partial charge in [0.1, 0.15) is 11.6 Å². The molecule has 0 fully saturated rings. The minimum atomic E-state index is -0.515. The van der Waals surface area contributed by atoms with Crippen LogP contribution in [0.15, 0.2) is 28.1 Å². The van der Waals surface area contributed by atoms with Gasteiger partial charge >= 0.3 is 0 Å². The van der Waals surface area contributed by atoms with E-state index in [-0.39, 0.29) is 6.04 Å². The molecular weight excluding hydrogens is 332 g/mol. The van der Waals surface area contributed by atoms with Gasteiger partial charge in [-0.1, -0.05) is 6.92 Å². The molecule has 19 heavy (non-hydrogen) atoms. The van der Waals surface area contributed by atoms with Gasteiger partial charge in [-0.2, -0.15) is 0 Å². The van der Waals surface area contributed by atoms with Crippen LogP contribution in [0.4, 0.5) is 8.78 Å². The smallest absolute Gasteiger partial charge is 0.131 e. The highest BCUT2D eigenvalue weighted by molar-refractivity contribution is 9.11. The molecule has 0 bridgehead atoms. The number of hydrogen-bond acceptors (Lipinski definition) is 2. The third kappa shape index (κ3) is 3.22. The van der Waals surface area contributed by atoms with Gasteiger partial charge in [0.15, 0.2) is 0 Å². The van der Waals surface area contributed by atoms with Crippen molar-refractivity contribution in [1.29, 1.82) is 0 Å². The molecule has 0 radical (unpaired) electrons. The largest absolute Gasteiger partial charge is 0.306 e. The normalized spacial score (nSPS) is 12.7. The zero-order chi connectivity index (χ0) is 14.0. The van der Waals surface area contributed by atoms with Crippen LogP contribution in [0.1, 0.15) is 29.0 Å². The summed E-state index contributed by atoms with van der Waals surface area (Å²) in [5, 5.41) is 3.24. The fourth-order valence-electron chi connectivity index (χ4n) is 1.95. The van der Waals surface area contributed by atoms with Gasteiger partial charge in [-0.15, -0.1) is 11.3 Å². The second-order valence-electron chi connectivity index (χ2n) is 4.26. The van der Waals surface area contributed by atoms with Crippen molar-refractivity contribution in [2.45, 2.75) is 19.9 Å². The molecule has 1 N–H and O–H groups in total. The average molecular weight is 346 g/mol. The molecule has 0 aliphatic heterocycles. The number of hydrogen-bond donors (Lipinski definition) is 1. The number of thiophene rings is 1. The summed E-state index contributed by atoms with van der Waals surface area (Å²) in [4.78, 5) is 0.999. The topological polar surface area (TPSA) is 12.0 Å². The summed E-state index contributed by atoms with van der Waals surface area (Å²) in [6.45, 7) is 4.31. The van der Waals surface area contributed by atoms with Crippen molar-refractivity contribution in [2.24, 2.45) is 0 Å². The zero-order valence-electron chi connectivity index (χ0n) is 10.6. The lowest BCUT2D eigenvalue weighted by Crippen LogP contribution is -2.22. The molecule has 0 spiro atoms. The van der Waals surface area contributed by atoms with Crippen molar-refractivity contribution in [3.63, 3.8) is 0 Å². The van der Waals surface area contributed by atoms with Crippen LogP contribution in [0.25, 0.3) is 0 Å². The first-order valence-electron chi connectivity index (χ1n) is 5.97. The molecule has 1 aromatic heterocycles. The summed E-state index contributed by atoms with van der Waals surface area (Å²) in [6, 6.07) is 6.16. The molecule has 1 nitrogen and oxygen atoms in total. The van der Waals surface area contributed by atoms with Crippen molar-refractivity contribution < 1.29 is 8.78 Å². The van der Waals surface area contributed by atoms with Crippen LogP contribution in [-0.4, -0.2) is 6.54 Å². The lowest BCUT2D eigenvalue weighted by Gasteiger charge is -2.18. The molecule has 0 saturated carbocycles. The van der Waals surface area contributed by atoms with Gasteiger partial charge in [0.2, 0.25) is 0 Å². The Morgan fingerprint density at radius 2 is 2.00 bits per heavy atom. The highest BCUT2D eigenvalue weighted by Gasteiger charge is 2.20. The first kappa shape index (κ1) is 14.6. The quantitative estimate of drug-likeness (QED) is 0.839. The van der Waals surface area contributed by atoms with E-state index in [0.717, 1.165) is 14.7 Å². The van der Waals surface area contributed by atoms with E-state index in [9.17, 15) is 8.78 Å². The van der Waals surface area contributed by atoms with Crippen molar-refractivity contribution >= 4 is 27.3 Å². The summed E-state index contributed by atoms with van der Waals surface area (Å²) in [5.74, 6) is -1.03. The second-order valence-corrected chi connectivity index (χ2v) is 6.75. The second kappa shape index (κ2) is 6.11. The van der Waals surface area contributed by atoms with E-state index < -0.39 is 11.6 Å². The van der Waals surface area contributed by atoms with Crippen molar-refractivity contribution in [3.8, 4) is 0 Å². The van der Waals surface area contributed by atoms with Crippen LogP contribution in [0.3, 0.4) is 0 Å². The number of nitrogens with one attached hydrogen (secondary N) is 1. The van der Waals surface area contributed by atoms with E-state index in [4.69, 9.17) is 0 Å². The Kier molecular flexibility index (Phi) is 4.71. The molecule has 2 rings (SSSR count). The molecule has 0 aliphatic rings. The minimum absolute atomic E-state index is 0.249. The fraction of sp³-hybridized carbons (Fsp3) is 0.286. The maximum atomic E-state index is 14.0. The number of halogens is 3. The molecule has 102 valence electrons. The van der Waals surface area contributed by atoms with Gasteiger partial charge in [0, 0.05) is 16.5 Å². The third-order valence-electron chi connectivity index (χ3n) is 2.88. The predicted octanol–water partition coefficient (Wildman–Crippen LogP) is 4.80. The fourth-order valence-corrected chi connectivity index (χ4v) is 3.47. The van der Waals surface area contributed by atoms with Crippen LogP contribution >= 0.6 is 27.3 Å². The Morgan fingerprint density at radius 3 is 2.58 bits per heavy atom. The lowest BCUT2D eigenvalue weighted by molar-refractivity contribution is 0.540. The van der Waals surface area contributed by atoms with Crippen LogP contribution in [0.2, 0.25) is 0 Å². The van der Waals surface area contributed by atoms with Gasteiger partial charge in [-0.3, -0.25) is 0 Å². The van der Waals surface area contributed by atoms with E-state index >= 15 is 0 Å².